The average molecular weight is 256 g/mol. The van der Waals surface area contributed by atoms with E-state index in [0.717, 1.165) is 6.42 Å². The summed E-state index contributed by atoms with van der Waals surface area (Å²) < 4.78 is 39.4. The van der Waals surface area contributed by atoms with Crippen molar-refractivity contribution in [3.05, 3.63) is 0 Å². The highest BCUT2D eigenvalue weighted by molar-refractivity contribution is 5.78. The van der Waals surface area contributed by atoms with Crippen LogP contribution >= 0.6 is 0 Å². The second-order valence-electron chi connectivity index (χ2n) is 3.72. The molecule has 17 heavy (non-hydrogen) atoms. The van der Waals surface area contributed by atoms with Gasteiger partial charge in [-0.25, -0.2) is 0 Å². The van der Waals surface area contributed by atoms with Crippen LogP contribution in [0.3, 0.4) is 0 Å². The molecule has 2 N–H and O–H groups in total. The maximum absolute atomic E-state index is 11.7. The van der Waals surface area contributed by atoms with Crippen molar-refractivity contribution in [2.45, 2.75) is 32.5 Å². The van der Waals surface area contributed by atoms with E-state index in [4.69, 9.17) is 0 Å². The third-order valence-corrected chi connectivity index (χ3v) is 1.99. The van der Waals surface area contributed by atoms with E-state index in [2.05, 4.69) is 15.4 Å². The molecule has 7 heteroatoms. The van der Waals surface area contributed by atoms with Gasteiger partial charge in [0.2, 0.25) is 5.91 Å². The molecule has 0 aromatic rings. The van der Waals surface area contributed by atoms with Crippen LogP contribution < -0.4 is 10.6 Å². The molecule has 0 aliphatic heterocycles. The van der Waals surface area contributed by atoms with Gasteiger partial charge in [0.1, 0.15) is 6.61 Å². The monoisotopic (exact) mass is 256 g/mol. The zero-order valence-electron chi connectivity index (χ0n) is 10.1. The fraction of sp³-hybridized carbons (Fsp3) is 0.900. The SMILES string of the molecule is CCC(C)NC(=O)CNCCOCC(F)(F)F. The van der Waals surface area contributed by atoms with Crippen LogP contribution in [0.2, 0.25) is 0 Å². The van der Waals surface area contributed by atoms with E-state index in [9.17, 15) is 18.0 Å². The number of carbonyl (C=O) groups is 1. The van der Waals surface area contributed by atoms with Gasteiger partial charge >= 0.3 is 6.18 Å². The fourth-order valence-electron chi connectivity index (χ4n) is 0.962. The molecular formula is C10H19F3N2O2. The Morgan fingerprint density at radius 3 is 2.59 bits per heavy atom. The summed E-state index contributed by atoms with van der Waals surface area (Å²) in [6.45, 7) is 2.79. The van der Waals surface area contributed by atoms with Gasteiger partial charge in [0.15, 0.2) is 0 Å². The number of alkyl halides is 3. The molecule has 102 valence electrons. The minimum atomic E-state index is -4.30. The number of carbonyl (C=O) groups excluding carboxylic acids is 1. The topological polar surface area (TPSA) is 50.4 Å². The largest absolute Gasteiger partial charge is 0.411 e. The first kappa shape index (κ1) is 16.2. The van der Waals surface area contributed by atoms with Gasteiger partial charge in [0.25, 0.3) is 0 Å². The smallest absolute Gasteiger partial charge is 0.371 e. The average Bonchev–Trinajstić information content (AvgIpc) is 2.21. The summed E-state index contributed by atoms with van der Waals surface area (Å²) >= 11 is 0. The Labute approximate surface area is 98.9 Å². The van der Waals surface area contributed by atoms with E-state index in [-0.39, 0.29) is 31.6 Å². The lowest BCUT2D eigenvalue weighted by molar-refractivity contribution is -0.173. The van der Waals surface area contributed by atoms with Gasteiger partial charge in [-0.05, 0) is 13.3 Å². The van der Waals surface area contributed by atoms with E-state index in [1.807, 2.05) is 13.8 Å². The first-order chi connectivity index (χ1) is 7.85. The molecule has 0 bridgehead atoms. The maximum atomic E-state index is 11.7. The van der Waals surface area contributed by atoms with Crippen LogP contribution in [-0.4, -0.2) is 44.4 Å². The Morgan fingerprint density at radius 2 is 2.06 bits per heavy atom. The second kappa shape index (κ2) is 8.30. The molecule has 0 aromatic heterocycles. The third kappa shape index (κ3) is 11.4. The van der Waals surface area contributed by atoms with Gasteiger partial charge in [-0.3, -0.25) is 4.79 Å². The Hall–Kier alpha value is -0.820. The number of hydrogen-bond donors (Lipinski definition) is 2. The Kier molecular flexibility index (Phi) is 7.90. The predicted octanol–water partition coefficient (Wildman–Crippen LogP) is 1.07. The van der Waals surface area contributed by atoms with E-state index < -0.39 is 12.8 Å². The third-order valence-electron chi connectivity index (χ3n) is 1.99. The van der Waals surface area contributed by atoms with Gasteiger partial charge in [0.05, 0.1) is 13.2 Å². The highest BCUT2D eigenvalue weighted by Crippen LogP contribution is 2.13. The summed E-state index contributed by atoms with van der Waals surface area (Å²) in [4.78, 5) is 11.2. The number of amides is 1. The lowest BCUT2D eigenvalue weighted by Gasteiger charge is -2.12. The molecule has 4 nitrogen and oxygen atoms in total. The highest BCUT2D eigenvalue weighted by Gasteiger charge is 2.27. The standard InChI is InChI=1S/C10H19F3N2O2/c1-3-8(2)15-9(16)6-14-4-5-17-7-10(11,12)13/h8,14H,3-7H2,1-2H3,(H,15,16). The number of nitrogens with one attached hydrogen (secondary N) is 2. The highest BCUT2D eigenvalue weighted by atomic mass is 19.4. The van der Waals surface area contributed by atoms with Gasteiger partial charge in [-0.2, -0.15) is 13.2 Å². The molecular weight excluding hydrogens is 237 g/mol. The zero-order chi connectivity index (χ0) is 13.3. The normalized spacial score (nSPS) is 13.5. The zero-order valence-corrected chi connectivity index (χ0v) is 10.1. The van der Waals surface area contributed by atoms with Crippen LogP contribution in [0.15, 0.2) is 0 Å². The van der Waals surface area contributed by atoms with Gasteiger partial charge in [0, 0.05) is 12.6 Å². The molecule has 0 rings (SSSR count). The van der Waals surface area contributed by atoms with Crippen molar-refractivity contribution < 1.29 is 22.7 Å². The van der Waals surface area contributed by atoms with Crippen LogP contribution in [0.5, 0.6) is 0 Å². The number of hydrogen-bond acceptors (Lipinski definition) is 3. The molecule has 0 aromatic carbocycles. The first-order valence-corrected chi connectivity index (χ1v) is 5.49. The summed E-state index contributed by atoms with van der Waals surface area (Å²) in [7, 11) is 0. The maximum Gasteiger partial charge on any atom is 0.411 e. The Morgan fingerprint density at radius 1 is 1.41 bits per heavy atom. The molecule has 1 amide bonds. The van der Waals surface area contributed by atoms with Crippen molar-refractivity contribution in [3.63, 3.8) is 0 Å². The summed E-state index contributed by atoms with van der Waals surface area (Å²) in [6, 6.07) is 0.103. The number of halogens is 3. The van der Waals surface area contributed by atoms with Crippen LogP contribution in [0.1, 0.15) is 20.3 Å². The number of rotatable bonds is 8. The first-order valence-electron chi connectivity index (χ1n) is 5.49. The molecule has 0 saturated heterocycles. The molecule has 0 saturated carbocycles. The van der Waals surface area contributed by atoms with Crippen molar-refractivity contribution >= 4 is 5.91 Å². The van der Waals surface area contributed by atoms with Gasteiger partial charge in [-0.15, -0.1) is 0 Å². The lowest BCUT2D eigenvalue weighted by atomic mass is 10.2. The van der Waals surface area contributed by atoms with Gasteiger partial charge in [-0.1, -0.05) is 6.92 Å². The van der Waals surface area contributed by atoms with Crippen molar-refractivity contribution in [2.24, 2.45) is 0 Å². The minimum Gasteiger partial charge on any atom is -0.371 e. The van der Waals surface area contributed by atoms with E-state index in [0.29, 0.717) is 0 Å². The quantitative estimate of drug-likeness (QED) is 0.639. The second-order valence-corrected chi connectivity index (χ2v) is 3.72. The molecule has 0 spiro atoms. The lowest BCUT2D eigenvalue weighted by Crippen LogP contribution is -2.39. The summed E-state index contributed by atoms with van der Waals surface area (Å²) in [6.07, 6.45) is -3.46. The van der Waals surface area contributed by atoms with Crippen molar-refractivity contribution in [3.8, 4) is 0 Å². The molecule has 0 fully saturated rings. The molecule has 0 radical (unpaired) electrons. The summed E-state index contributed by atoms with van der Waals surface area (Å²) in [5.41, 5.74) is 0. The predicted molar refractivity (Wildman–Crippen MR) is 57.6 cm³/mol. The van der Waals surface area contributed by atoms with Crippen LogP contribution in [0.25, 0.3) is 0 Å². The van der Waals surface area contributed by atoms with Crippen LogP contribution in [-0.2, 0) is 9.53 Å². The molecule has 0 heterocycles. The van der Waals surface area contributed by atoms with Crippen LogP contribution in [0, 0.1) is 0 Å². The van der Waals surface area contributed by atoms with Crippen molar-refractivity contribution in [1.82, 2.24) is 10.6 Å². The van der Waals surface area contributed by atoms with Gasteiger partial charge < -0.3 is 15.4 Å². The summed E-state index contributed by atoms with van der Waals surface area (Å²) in [5.74, 6) is -0.171. The van der Waals surface area contributed by atoms with Crippen LogP contribution in [0.4, 0.5) is 13.2 Å². The Balaban J connectivity index is 3.37. The Bertz CT molecular complexity index is 222. The van der Waals surface area contributed by atoms with E-state index in [1.165, 1.54) is 0 Å². The fourth-order valence-corrected chi connectivity index (χ4v) is 0.962. The number of ether oxygens (including phenoxy) is 1. The minimum absolute atomic E-state index is 0.0733. The molecule has 0 aliphatic carbocycles. The summed E-state index contributed by atoms with van der Waals surface area (Å²) in [5, 5.41) is 5.42. The molecule has 1 unspecified atom stereocenters. The van der Waals surface area contributed by atoms with E-state index in [1.54, 1.807) is 0 Å². The molecule has 0 aliphatic rings. The molecule has 1 atom stereocenters. The van der Waals surface area contributed by atoms with Crippen molar-refractivity contribution in [1.29, 1.82) is 0 Å². The van der Waals surface area contributed by atoms with E-state index >= 15 is 0 Å². The van der Waals surface area contributed by atoms with Crippen molar-refractivity contribution in [2.75, 3.05) is 26.3 Å².